The molecule has 22 heavy (non-hydrogen) atoms. The van der Waals surface area contributed by atoms with Gasteiger partial charge in [0.05, 0.1) is 12.9 Å². The van der Waals surface area contributed by atoms with E-state index in [0.29, 0.717) is 0 Å². The summed E-state index contributed by atoms with van der Waals surface area (Å²) in [6, 6.07) is 15.4. The van der Waals surface area contributed by atoms with Gasteiger partial charge in [0.2, 0.25) is 0 Å². The largest absolute Gasteiger partial charge is 0.335 e. The third-order valence-electron chi connectivity index (χ3n) is 3.90. The summed E-state index contributed by atoms with van der Waals surface area (Å²) in [7, 11) is 0. The first-order chi connectivity index (χ1) is 10.4. The predicted octanol–water partition coefficient (Wildman–Crippen LogP) is 4.79. The summed E-state index contributed by atoms with van der Waals surface area (Å²) in [5.74, 6) is 2.42. The predicted molar refractivity (Wildman–Crippen MR) is 100 cm³/mol. The number of nitrogens with zero attached hydrogens (tertiary/aromatic N) is 2. The normalized spacial score (nSPS) is 16.5. The van der Waals surface area contributed by atoms with Crippen LogP contribution in [0.3, 0.4) is 0 Å². The molecular weight excluding hydrogens is 332 g/mol. The molecule has 0 atom stereocenters. The first-order valence-electron chi connectivity index (χ1n) is 7.09. The van der Waals surface area contributed by atoms with E-state index < -0.39 is 0 Å². The Kier molecular flexibility index (Phi) is 4.71. The molecule has 0 spiro atoms. The van der Waals surface area contributed by atoms with Crippen LogP contribution in [-0.2, 0) is 10.6 Å². The number of hydrogen-bond donors (Lipinski definition) is 0. The van der Waals surface area contributed by atoms with Gasteiger partial charge < -0.3 is 4.57 Å². The molecule has 2 aromatic carbocycles. The lowest BCUT2D eigenvalue weighted by Crippen LogP contribution is -2.22. The molecule has 2 heterocycles. The van der Waals surface area contributed by atoms with E-state index in [1.54, 1.807) is 0 Å². The van der Waals surface area contributed by atoms with Crippen LogP contribution in [0.1, 0.15) is 5.56 Å². The van der Waals surface area contributed by atoms with E-state index in [1.807, 2.05) is 12.5 Å². The number of benzene rings is 2. The van der Waals surface area contributed by atoms with E-state index in [4.69, 9.17) is 0 Å². The minimum absolute atomic E-state index is 0. The van der Waals surface area contributed by atoms with Gasteiger partial charge in [-0.1, -0.05) is 42.5 Å². The molecule has 114 valence electrons. The topological polar surface area (TPSA) is 17.8 Å². The molecule has 0 bridgehead atoms. The van der Waals surface area contributed by atoms with Crippen molar-refractivity contribution in [3.05, 3.63) is 66.7 Å². The molecule has 0 radical (unpaired) electrons. The maximum absolute atomic E-state index is 4.20. The number of thioether (sulfide) groups is 2. The molecule has 3 aromatic rings. The van der Waals surface area contributed by atoms with Crippen LogP contribution in [0.2, 0.25) is 0 Å². The Balaban J connectivity index is 0.00000144. The molecular formula is C17H17ClN2S2. The van der Waals surface area contributed by atoms with Crippen molar-refractivity contribution in [1.29, 1.82) is 0 Å². The monoisotopic (exact) mass is 348 g/mol. The Bertz CT molecular complexity index is 747. The molecule has 5 heteroatoms. The van der Waals surface area contributed by atoms with Crippen LogP contribution >= 0.6 is 35.9 Å². The molecule has 1 fully saturated rings. The highest BCUT2D eigenvalue weighted by Crippen LogP contribution is 2.54. The second kappa shape index (κ2) is 6.57. The van der Waals surface area contributed by atoms with Crippen molar-refractivity contribution in [2.75, 3.05) is 11.5 Å². The van der Waals surface area contributed by atoms with E-state index in [9.17, 15) is 0 Å². The SMILES string of the molecule is Cl.c1ccc2c(C3(Cn4ccnc4)SCCS3)cccc2c1. The quantitative estimate of drug-likeness (QED) is 0.677. The fourth-order valence-electron chi connectivity index (χ4n) is 2.96. The minimum Gasteiger partial charge on any atom is -0.335 e. The van der Waals surface area contributed by atoms with Crippen LogP contribution in [-0.4, -0.2) is 21.1 Å². The lowest BCUT2D eigenvalue weighted by Gasteiger charge is -2.29. The number of hydrogen-bond acceptors (Lipinski definition) is 3. The number of rotatable bonds is 3. The third kappa shape index (κ3) is 2.75. The smallest absolute Gasteiger partial charge is 0.105 e. The van der Waals surface area contributed by atoms with Gasteiger partial charge in [-0.25, -0.2) is 4.98 Å². The van der Waals surface area contributed by atoms with Crippen molar-refractivity contribution >= 4 is 46.7 Å². The molecule has 0 amide bonds. The number of aromatic nitrogens is 2. The van der Waals surface area contributed by atoms with Gasteiger partial charge >= 0.3 is 0 Å². The molecule has 0 unspecified atom stereocenters. The van der Waals surface area contributed by atoms with Gasteiger partial charge in [0.25, 0.3) is 0 Å². The highest BCUT2D eigenvalue weighted by molar-refractivity contribution is 8.20. The zero-order valence-corrected chi connectivity index (χ0v) is 14.5. The summed E-state index contributed by atoms with van der Waals surface area (Å²) in [6.45, 7) is 0.969. The summed E-state index contributed by atoms with van der Waals surface area (Å²) in [4.78, 5) is 4.20. The maximum Gasteiger partial charge on any atom is 0.105 e. The van der Waals surface area contributed by atoms with Crippen LogP contribution in [0.5, 0.6) is 0 Å². The molecule has 0 N–H and O–H groups in total. The van der Waals surface area contributed by atoms with Gasteiger partial charge in [-0.05, 0) is 16.3 Å². The van der Waals surface area contributed by atoms with Crippen molar-refractivity contribution in [3.63, 3.8) is 0 Å². The lowest BCUT2D eigenvalue weighted by molar-refractivity contribution is 0.655. The van der Waals surface area contributed by atoms with Gasteiger partial charge in [-0.3, -0.25) is 0 Å². The molecule has 0 saturated carbocycles. The van der Waals surface area contributed by atoms with Gasteiger partial charge in [0, 0.05) is 23.9 Å². The Morgan fingerprint density at radius 3 is 2.59 bits per heavy atom. The van der Waals surface area contributed by atoms with Crippen LogP contribution < -0.4 is 0 Å². The second-order valence-electron chi connectivity index (χ2n) is 5.21. The van der Waals surface area contributed by atoms with Gasteiger partial charge in [0.15, 0.2) is 0 Å². The summed E-state index contributed by atoms with van der Waals surface area (Å²) in [6.07, 6.45) is 5.85. The number of halogens is 1. The van der Waals surface area contributed by atoms with Crippen molar-refractivity contribution in [1.82, 2.24) is 9.55 Å². The van der Waals surface area contributed by atoms with E-state index in [1.165, 1.54) is 27.8 Å². The molecule has 1 aliphatic rings. The summed E-state index contributed by atoms with van der Waals surface area (Å²) < 4.78 is 2.30. The fraction of sp³-hybridized carbons (Fsp3) is 0.235. The Morgan fingerprint density at radius 2 is 1.82 bits per heavy atom. The standard InChI is InChI=1S/C17H16N2S2.ClH/c1-2-6-15-14(4-1)5-3-7-16(15)17(20-10-11-21-17)12-19-9-8-18-13-19;/h1-9,13H,10-12H2;1H. The van der Waals surface area contributed by atoms with Gasteiger partial charge in [-0.2, -0.15) is 0 Å². The maximum atomic E-state index is 4.20. The Labute approximate surface area is 145 Å². The summed E-state index contributed by atoms with van der Waals surface area (Å²) in [5, 5.41) is 2.70. The summed E-state index contributed by atoms with van der Waals surface area (Å²) in [5.41, 5.74) is 1.45. The van der Waals surface area contributed by atoms with E-state index in [0.717, 1.165) is 6.54 Å². The molecule has 1 aliphatic heterocycles. The van der Waals surface area contributed by atoms with Crippen molar-refractivity contribution in [3.8, 4) is 0 Å². The lowest BCUT2D eigenvalue weighted by atomic mass is 10.0. The van der Waals surface area contributed by atoms with Crippen LogP contribution in [0, 0.1) is 0 Å². The molecule has 0 aliphatic carbocycles. The van der Waals surface area contributed by atoms with Crippen molar-refractivity contribution in [2.24, 2.45) is 0 Å². The van der Waals surface area contributed by atoms with Crippen LogP contribution in [0.15, 0.2) is 61.2 Å². The molecule has 4 rings (SSSR count). The Hall–Kier alpha value is -1.10. The van der Waals surface area contributed by atoms with Crippen molar-refractivity contribution in [2.45, 2.75) is 10.6 Å². The third-order valence-corrected chi connectivity index (χ3v) is 7.32. The molecule has 1 aromatic heterocycles. The number of fused-ring (bicyclic) bond motifs is 1. The van der Waals surface area contributed by atoms with Gasteiger partial charge in [0.1, 0.15) is 4.08 Å². The number of imidazole rings is 1. The average Bonchev–Trinajstić information content (AvgIpc) is 3.20. The highest BCUT2D eigenvalue weighted by atomic mass is 35.5. The van der Waals surface area contributed by atoms with Crippen molar-refractivity contribution < 1.29 is 0 Å². The molecule has 2 nitrogen and oxygen atoms in total. The van der Waals surface area contributed by atoms with E-state index in [-0.39, 0.29) is 16.5 Å². The molecule has 1 saturated heterocycles. The minimum atomic E-state index is 0. The van der Waals surface area contributed by atoms with E-state index in [2.05, 4.69) is 81.7 Å². The van der Waals surface area contributed by atoms with Gasteiger partial charge in [-0.15, -0.1) is 35.9 Å². The van der Waals surface area contributed by atoms with E-state index >= 15 is 0 Å². The average molecular weight is 349 g/mol. The zero-order valence-electron chi connectivity index (χ0n) is 12.0. The Morgan fingerprint density at radius 1 is 1.05 bits per heavy atom. The second-order valence-corrected chi connectivity index (χ2v) is 8.26. The fourth-order valence-corrected chi connectivity index (χ4v) is 6.27. The highest BCUT2D eigenvalue weighted by Gasteiger charge is 2.38. The zero-order chi connectivity index (χ0) is 14.1. The summed E-state index contributed by atoms with van der Waals surface area (Å²) >= 11 is 4.14. The van der Waals surface area contributed by atoms with Crippen LogP contribution in [0.25, 0.3) is 10.8 Å². The van der Waals surface area contributed by atoms with Crippen LogP contribution in [0.4, 0.5) is 0 Å². The first-order valence-corrected chi connectivity index (χ1v) is 9.06. The first kappa shape index (κ1) is 15.8.